The fraction of sp³-hybridized carbons (Fsp3) is 0.0909. The van der Waals surface area contributed by atoms with Crippen LogP contribution in [0, 0.1) is 10.1 Å². The number of carbonyl (C=O) groups is 1. The van der Waals surface area contributed by atoms with Crippen molar-refractivity contribution in [2.24, 2.45) is 7.05 Å². The van der Waals surface area contributed by atoms with E-state index in [1.807, 2.05) is 0 Å². The molecule has 0 atom stereocenters. The molecule has 20 heavy (non-hydrogen) atoms. The van der Waals surface area contributed by atoms with Gasteiger partial charge in [-0.05, 0) is 6.07 Å². The smallest absolute Gasteiger partial charge is 0.294 e. The number of benzene rings is 1. The SMILES string of the molecule is Cn1ccc(NC(=O)c2cc(Cl)c(N)c([N+](=O)[O-])c2)n1. The van der Waals surface area contributed by atoms with Crippen molar-refractivity contribution >= 4 is 34.7 Å². The van der Waals surface area contributed by atoms with Crippen LogP contribution in [0.15, 0.2) is 24.4 Å². The zero-order valence-corrected chi connectivity index (χ0v) is 11.1. The minimum Gasteiger partial charge on any atom is -0.392 e. The first kappa shape index (κ1) is 13.8. The fourth-order valence-corrected chi connectivity index (χ4v) is 1.77. The van der Waals surface area contributed by atoms with E-state index in [2.05, 4.69) is 10.4 Å². The van der Waals surface area contributed by atoms with Gasteiger partial charge >= 0.3 is 0 Å². The number of aromatic nitrogens is 2. The molecule has 0 fully saturated rings. The Labute approximate surface area is 118 Å². The Balaban J connectivity index is 2.32. The van der Waals surface area contributed by atoms with Gasteiger partial charge in [0.1, 0.15) is 5.69 Å². The molecule has 2 aromatic rings. The summed E-state index contributed by atoms with van der Waals surface area (Å²) in [6, 6.07) is 3.92. The van der Waals surface area contributed by atoms with Crippen LogP contribution >= 0.6 is 11.6 Å². The van der Waals surface area contributed by atoms with Crippen LogP contribution in [0.25, 0.3) is 0 Å². The third-order valence-corrected chi connectivity index (χ3v) is 2.83. The normalized spacial score (nSPS) is 10.3. The molecular weight excluding hydrogens is 286 g/mol. The van der Waals surface area contributed by atoms with Gasteiger partial charge in [-0.15, -0.1) is 0 Å². The number of amides is 1. The largest absolute Gasteiger partial charge is 0.392 e. The molecule has 1 amide bonds. The van der Waals surface area contributed by atoms with Crippen molar-refractivity contribution in [3.63, 3.8) is 0 Å². The second kappa shape index (κ2) is 5.17. The number of hydrogen-bond acceptors (Lipinski definition) is 5. The van der Waals surface area contributed by atoms with Crippen LogP contribution in [0.5, 0.6) is 0 Å². The summed E-state index contributed by atoms with van der Waals surface area (Å²) < 4.78 is 1.51. The van der Waals surface area contributed by atoms with Crippen molar-refractivity contribution in [3.05, 3.63) is 45.1 Å². The molecule has 0 aliphatic rings. The van der Waals surface area contributed by atoms with Crippen molar-refractivity contribution in [3.8, 4) is 0 Å². The second-order valence-electron chi connectivity index (χ2n) is 3.98. The average molecular weight is 296 g/mol. The zero-order valence-electron chi connectivity index (χ0n) is 10.3. The van der Waals surface area contributed by atoms with Gasteiger partial charge in [-0.3, -0.25) is 19.6 Å². The van der Waals surface area contributed by atoms with Gasteiger partial charge in [-0.2, -0.15) is 5.10 Å². The topological polar surface area (TPSA) is 116 Å². The number of anilines is 2. The Morgan fingerprint density at radius 2 is 2.25 bits per heavy atom. The van der Waals surface area contributed by atoms with E-state index in [1.165, 1.54) is 10.7 Å². The van der Waals surface area contributed by atoms with E-state index in [0.29, 0.717) is 5.82 Å². The molecule has 0 saturated heterocycles. The van der Waals surface area contributed by atoms with Crippen molar-refractivity contribution in [1.82, 2.24) is 9.78 Å². The van der Waals surface area contributed by atoms with E-state index in [0.717, 1.165) is 6.07 Å². The fourth-order valence-electron chi connectivity index (χ4n) is 1.56. The summed E-state index contributed by atoms with van der Waals surface area (Å²) in [5.41, 5.74) is 4.93. The minimum atomic E-state index is -0.696. The van der Waals surface area contributed by atoms with Crippen molar-refractivity contribution < 1.29 is 9.72 Å². The number of rotatable bonds is 3. The molecule has 1 heterocycles. The Morgan fingerprint density at radius 3 is 2.80 bits per heavy atom. The lowest BCUT2D eigenvalue weighted by atomic mass is 10.1. The van der Waals surface area contributed by atoms with Crippen LogP contribution in [-0.2, 0) is 7.05 Å². The number of hydrogen-bond donors (Lipinski definition) is 2. The molecule has 2 rings (SSSR count). The number of nitrogen functional groups attached to an aromatic ring is 1. The van der Waals surface area contributed by atoms with Gasteiger partial charge in [0.2, 0.25) is 0 Å². The van der Waals surface area contributed by atoms with Crippen LogP contribution < -0.4 is 11.1 Å². The molecule has 0 saturated carbocycles. The standard InChI is InChI=1S/C11H10ClN5O3/c1-16-3-2-9(15-16)14-11(18)6-4-7(12)10(13)8(5-6)17(19)20/h2-5H,13H2,1H3,(H,14,15,18). The highest BCUT2D eigenvalue weighted by Gasteiger charge is 2.19. The monoisotopic (exact) mass is 295 g/mol. The molecule has 9 heteroatoms. The summed E-state index contributed by atoms with van der Waals surface area (Å²) in [5.74, 6) is -0.234. The zero-order chi connectivity index (χ0) is 14.9. The number of aryl methyl sites for hydroxylation is 1. The summed E-state index contributed by atoms with van der Waals surface area (Å²) >= 11 is 5.79. The van der Waals surface area contributed by atoms with Crippen molar-refractivity contribution in [2.75, 3.05) is 11.1 Å². The molecule has 1 aromatic heterocycles. The number of nitro groups is 1. The van der Waals surface area contributed by atoms with E-state index >= 15 is 0 Å². The second-order valence-corrected chi connectivity index (χ2v) is 4.38. The number of halogens is 1. The lowest BCUT2D eigenvalue weighted by Crippen LogP contribution is -2.13. The van der Waals surface area contributed by atoms with E-state index in [9.17, 15) is 14.9 Å². The first-order valence-corrected chi connectivity index (χ1v) is 5.80. The number of nitro benzene ring substituents is 1. The number of nitrogens with one attached hydrogen (secondary N) is 1. The quantitative estimate of drug-likeness (QED) is 0.509. The molecule has 104 valence electrons. The first-order chi connectivity index (χ1) is 9.38. The minimum absolute atomic E-state index is 0.0292. The number of nitrogens with zero attached hydrogens (tertiary/aromatic N) is 3. The molecule has 0 spiro atoms. The van der Waals surface area contributed by atoms with Gasteiger partial charge in [0.05, 0.1) is 9.95 Å². The third-order valence-electron chi connectivity index (χ3n) is 2.52. The van der Waals surface area contributed by atoms with Crippen molar-refractivity contribution in [2.45, 2.75) is 0 Å². The van der Waals surface area contributed by atoms with Gasteiger partial charge < -0.3 is 11.1 Å². The molecule has 3 N–H and O–H groups in total. The van der Waals surface area contributed by atoms with E-state index in [4.69, 9.17) is 17.3 Å². The van der Waals surface area contributed by atoms with Gasteiger partial charge in [0, 0.05) is 30.9 Å². The highest BCUT2D eigenvalue weighted by Crippen LogP contribution is 2.31. The van der Waals surface area contributed by atoms with E-state index < -0.39 is 16.5 Å². The molecular formula is C11H10ClN5O3. The van der Waals surface area contributed by atoms with E-state index in [-0.39, 0.29) is 16.3 Å². The van der Waals surface area contributed by atoms with Crippen LogP contribution in [-0.4, -0.2) is 20.6 Å². The highest BCUT2D eigenvalue weighted by molar-refractivity contribution is 6.34. The third kappa shape index (κ3) is 2.69. The van der Waals surface area contributed by atoms with Crippen LogP contribution in [0.1, 0.15) is 10.4 Å². The maximum atomic E-state index is 12.0. The first-order valence-electron chi connectivity index (χ1n) is 5.43. The van der Waals surface area contributed by atoms with Gasteiger partial charge in [0.25, 0.3) is 11.6 Å². The Hall–Kier alpha value is -2.61. The maximum Gasteiger partial charge on any atom is 0.294 e. The lowest BCUT2D eigenvalue weighted by molar-refractivity contribution is -0.383. The van der Waals surface area contributed by atoms with Gasteiger partial charge in [0.15, 0.2) is 5.82 Å². The predicted molar refractivity (Wildman–Crippen MR) is 73.7 cm³/mol. The number of carbonyl (C=O) groups excluding carboxylic acids is 1. The van der Waals surface area contributed by atoms with Crippen LogP contribution in [0.2, 0.25) is 5.02 Å². The summed E-state index contributed by atoms with van der Waals surface area (Å²) in [6.45, 7) is 0. The molecule has 8 nitrogen and oxygen atoms in total. The van der Waals surface area contributed by atoms with Gasteiger partial charge in [-0.1, -0.05) is 11.6 Å². The van der Waals surface area contributed by atoms with Crippen LogP contribution in [0.3, 0.4) is 0 Å². The van der Waals surface area contributed by atoms with Crippen LogP contribution in [0.4, 0.5) is 17.2 Å². The molecule has 0 aliphatic heterocycles. The molecule has 0 bridgehead atoms. The predicted octanol–water partition coefficient (Wildman–Crippen LogP) is 1.82. The molecule has 0 unspecified atom stereocenters. The lowest BCUT2D eigenvalue weighted by Gasteiger charge is -2.05. The Morgan fingerprint density at radius 1 is 1.55 bits per heavy atom. The summed E-state index contributed by atoms with van der Waals surface area (Å²) in [5, 5.41) is 17.2. The summed E-state index contributed by atoms with van der Waals surface area (Å²) in [4.78, 5) is 22.1. The van der Waals surface area contributed by atoms with Gasteiger partial charge in [-0.25, -0.2) is 0 Å². The Kier molecular flexibility index (Phi) is 3.57. The average Bonchev–Trinajstić information content (AvgIpc) is 2.77. The summed E-state index contributed by atoms with van der Waals surface area (Å²) in [6.07, 6.45) is 1.65. The molecule has 0 radical (unpaired) electrons. The van der Waals surface area contributed by atoms with E-state index in [1.54, 1.807) is 19.3 Å². The number of nitrogens with two attached hydrogens (primary N) is 1. The molecule has 0 aliphatic carbocycles. The van der Waals surface area contributed by atoms with Crippen molar-refractivity contribution in [1.29, 1.82) is 0 Å². The summed E-state index contributed by atoms with van der Waals surface area (Å²) in [7, 11) is 1.70. The highest BCUT2D eigenvalue weighted by atomic mass is 35.5. The molecule has 1 aromatic carbocycles. The maximum absolute atomic E-state index is 12.0. The Bertz CT molecular complexity index is 697.